The number of sulfonamides is 1. The summed E-state index contributed by atoms with van der Waals surface area (Å²) in [4.78, 5) is 12.5. The van der Waals surface area contributed by atoms with Crippen LogP contribution in [0, 0.1) is 11.8 Å². The number of hydrogen-bond acceptors (Lipinski definition) is 5. The first-order chi connectivity index (χ1) is 18.9. The first kappa shape index (κ1) is 32.7. The molecule has 2 bridgehead atoms. The monoisotopic (exact) mass is 571 g/mol. The van der Waals surface area contributed by atoms with Crippen LogP contribution < -0.4 is 11.2 Å². The molecule has 0 aliphatic heterocycles. The molecule has 3 aromatic rings. The molecule has 0 radical (unpaired) electrons. The molecule has 1 aromatic heterocycles. The molecule has 2 aliphatic rings. The first-order valence-corrected chi connectivity index (χ1v) is 16.5. The zero-order chi connectivity index (χ0) is 29.0. The number of nitrogens with zero attached hydrogens (tertiary/aromatic N) is 1. The lowest BCUT2D eigenvalue weighted by atomic mass is 9.93. The SMILES string of the molecule is CC.CC.CC.NN([C@H]1[C@@H]2CC[C@H]1Cc1ccc(NC(=O)Cc3ccccc3)cc1C2)S(=O)(=O)c1cccs1. The Balaban J connectivity index is 0.000000833. The molecule has 5 rings (SSSR count). The van der Waals surface area contributed by atoms with Gasteiger partial charge >= 0.3 is 0 Å². The summed E-state index contributed by atoms with van der Waals surface area (Å²) < 4.78 is 27.6. The quantitative estimate of drug-likeness (QED) is 0.245. The van der Waals surface area contributed by atoms with E-state index in [0.29, 0.717) is 6.42 Å². The number of fused-ring (bicyclic) bond motifs is 3. The molecule has 8 heteroatoms. The number of nitrogens with two attached hydrogens (primary N) is 1. The predicted molar refractivity (Wildman–Crippen MR) is 164 cm³/mol. The van der Waals surface area contributed by atoms with E-state index >= 15 is 0 Å². The highest BCUT2D eigenvalue weighted by Gasteiger charge is 2.45. The minimum absolute atomic E-state index is 0.0515. The van der Waals surface area contributed by atoms with E-state index in [1.54, 1.807) is 17.5 Å². The van der Waals surface area contributed by atoms with Gasteiger partial charge in [-0.3, -0.25) is 10.6 Å². The van der Waals surface area contributed by atoms with Crippen molar-refractivity contribution < 1.29 is 13.2 Å². The molecule has 1 heterocycles. The predicted octanol–water partition coefficient (Wildman–Crippen LogP) is 7.07. The number of rotatable bonds is 6. The molecule has 1 saturated carbocycles. The van der Waals surface area contributed by atoms with Crippen LogP contribution >= 0.6 is 11.3 Å². The Hall–Kier alpha value is -2.52. The van der Waals surface area contributed by atoms with E-state index in [1.165, 1.54) is 22.5 Å². The number of anilines is 1. The van der Waals surface area contributed by atoms with Crippen LogP contribution in [0.1, 0.15) is 71.1 Å². The fourth-order valence-electron chi connectivity index (χ4n) is 5.33. The average molecular weight is 572 g/mol. The molecule has 0 saturated heterocycles. The highest BCUT2D eigenvalue weighted by atomic mass is 32.2. The maximum absolute atomic E-state index is 13.1. The van der Waals surface area contributed by atoms with Gasteiger partial charge in [0.05, 0.1) is 6.42 Å². The molecular formula is C31H45N3O3S2. The zero-order valence-corrected chi connectivity index (χ0v) is 25.8. The van der Waals surface area contributed by atoms with Crippen molar-refractivity contribution in [3.8, 4) is 0 Å². The van der Waals surface area contributed by atoms with Gasteiger partial charge in [0.25, 0.3) is 10.0 Å². The van der Waals surface area contributed by atoms with Crippen molar-refractivity contribution in [2.75, 3.05) is 5.32 Å². The van der Waals surface area contributed by atoms with E-state index in [2.05, 4.69) is 11.4 Å². The lowest BCUT2D eigenvalue weighted by Crippen LogP contribution is -2.50. The van der Waals surface area contributed by atoms with E-state index in [-0.39, 0.29) is 28.0 Å². The van der Waals surface area contributed by atoms with E-state index in [0.717, 1.165) is 41.3 Å². The van der Waals surface area contributed by atoms with Gasteiger partial charge in [-0.25, -0.2) is 8.42 Å². The molecule has 6 nitrogen and oxygen atoms in total. The maximum atomic E-state index is 13.1. The van der Waals surface area contributed by atoms with Crippen LogP contribution in [-0.4, -0.2) is 24.8 Å². The van der Waals surface area contributed by atoms with Crippen molar-refractivity contribution in [1.82, 2.24) is 4.41 Å². The number of amides is 1. The van der Waals surface area contributed by atoms with Gasteiger partial charge in [-0.1, -0.05) is 84.0 Å². The van der Waals surface area contributed by atoms with Crippen LogP contribution in [-0.2, 0) is 34.1 Å². The van der Waals surface area contributed by atoms with Gasteiger partial charge in [-0.15, -0.1) is 15.8 Å². The molecule has 3 atom stereocenters. The number of hydrogen-bond donors (Lipinski definition) is 2. The standard InChI is InChI=1S/C25H27N3O3S2.3C2H6/c26-28(33(30,31)24-7-4-12-32-24)25-19-8-9-20(25)15-21-16-22(11-10-18(21)14-19)27-23(29)13-17-5-2-1-3-6-17;3*1-2/h1-7,10-12,16,19-20,25H,8-9,13-15,26H2,(H,27,29);3*1-2H3/t19-,20+,25+;;;/m0.../s1. The third-order valence-corrected chi connectivity index (χ3v) is 9.88. The molecule has 1 fully saturated rings. The van der Waals surface area contributed by atoms with Crippen molar-refractivity contribution in [2.24, 2.45) is 17.7 Å². The molecule has 2 aromatic carbocycles. The van der Waals surface area contributed by atoms with E-state index < -0.39 is 10.0 Å². The zero-order valence-electron chi connectivity index (χ0n) is 24.2. The Bertz CT molecular complexity index is 1250. The summed E-state index contributed by atoms with van der Waals surface area (Å²) in [6.07, 6.45) is 3.80. The fraction of sp³-hybridized carbons (Fsp3) is 0.452. The van der Waals surface area contributed by atoms with E-state index in [9.17, 15) is 13.2 Å². The Morgan fingerprint density at radius 2 is 1.51 bits per heavy atom. The third-order valence-electron chi connectivity index (χ3n) is 6.86. The van der Waals surface area contributed by atoms with E-state index in [4.69, 9.17) is 5.84 Å². The van der Waals surface area contributed by atoms with Crippen molar-refractivity contribution in [3.63, 3.8) is 0 Å². The molecule has 1 amide bonds. The summed E-state index contributed by atoms with van der Waals surface area (Å²) in [6.45, 7) is 12.0. The first-order valence-electron chi connectivity index (χ1n) is 14.2. The van der Waals surface area contributed by atoms with Gasteiger partial charge in [-0.2, -0.15) is 0 Å². The Morgan fingerprint density at radius 1 is 0.897 bits per heavy atom. The normalized spacial score (nSPS) is 19.1. The van der Waals surface area contributed by atoms with Crippen molar-refractivity contribution in [1.29, 1.82) is 0 Å². The largest absolute Gasteiger partial charge is 0.326 e. The maximum Gasteiger partial charge on any atom is 0.265 e. The van der Waals surface area contributed by atoms with Gasteiger partial charge in [0.1, 0.15) is 4.21 Å². The molecule has 2 aliphatic carbocycles. The van der Waals surface area contributed by atoms with Gasteiger partial charge in [0, 0.05) is 11.7 Å². The van der Waals surface area contributed by atoms with Crippen molar-refractivity contribution in [3.05, 3.63) is 82.7 Å². The smallest absolute Gasteiger partial charge is 0.265 e. The van der Waals surface area contributed by atoms with Gasteiger partial charge < -0.3 is 5.32 Å². The second-order valence-electron chi connectivity index (χ2n) is 8.96. The lowest BCUT2D eigenvalue weighted by molar-refractivity contribution is -0.115. The van der Waals surface area contributed by atoms with Crippen LogP contribution in [0.15, 0.2) is 70.3 Å². The highest BCUT2D eigenvalue weighted by Crippen LogP contribution is 2.43. The Morgan fingerprint density at radius 3 is 2.10 bits per heavy atom. The Kier molecular flexibility index (Phi) is 13.3. The number of carbonyl (C=O) groups is 1. The number of thiophene rings is 1. The summed E-state index contributed by atoms with van der Waals surface area (Å²) in [5.41, 5.74) is 4.14. The third kappa shape index (κ3) is 8.01. The van der Waals surface area contributed by atoms with Crippen LogP contribution in [0.2, 0.25) is 0 Å². The fourth-order valence-corrected chi connectivity index (χ4v) is 7.82. The van der Waals surface area contributed by atoms with Crippen molar-refractivity contribution in [2.45, 2.75) is 83.9 Å². The van der Waals surface area contributed by atoms with Crippen LogP contribution in [0.5, 0.6) is 0 Å². The number of carbonyl (C=O) groups excluding carboxylic acids is 1. The lowest BCUT2D eigenvalue weighted by Gasteiger charge is -2.30. The highest BCUT2D eigenvalue weighted by molar-refractivity contribution is 7.91. The van der Waals surface area contributed by atoms with Crippen LogP contribution in [0.25, 0.3) is 0 Å². The molecule has 39 heavy (non-hydrogen) atoms. The molecule has 3 N–H and O–H groups in total. The summed E-state index contributed by atoms with van der Waals surface area (Å²) in [6, 6.07) is 18.8. The summed E-state index contributed by atoms with van der Waals surface area (Å²) in [5, 5.41) is 4.77. The minimum atomic E-state index is -3.71. The topological polar surface area (TPSA) is 92.5 Å². The average Bonchev–Trinajstić information content (AvgIpc) is 3.61. The number of nitrogens with one attached hydrogen (secondary N) is 1. The van der Waals surface area contributed by atoms with Gasteiger partial charge in [0.2, 0.25) is 5.91 Å². The second kappa shape index (κ2) is 15.9. The molecule has 214 valence electrons. The Labute approximate surface area is 239 Å². The molecule has 0 unspecified atom stereocenters. The van der Waals surface area contributed by atoms with Gasteiger partial charge in [0.15, 0.2) is 0 Å². The minimum Gasteiger partial charge on any atom is -0.326 e. The molecular weight excluding hydrogens is 526 g/mol. The molecule has 0 spiro atoms. The van der Waals surface area contributed by atoms with Crippen molar-refractivity contribution >= 4 is 33.0 Å². The second-order valence-corrected chi connectivity index (χ2v) is 12.0. The van der Waals surface area contributed by atoms with E-state index in [1.807, 2.05) is 84.0 Å². The summed E-state index contributed by atoms with van der Waals surface area (Å²) in [7, 11) is -3.71. The number of benzene rings is 2. The van der Waals surface area contributed by atoms with Gasteiger partial charge in [-0.05, 0) is 77.8 Å². The number of hydrazine groups is 1. The van der Waals surface area contributed by atoms with Crippen LogP contribution in [0.3, 0.4) is 0 Å². The summed E-state index contributed by atoms with van der Waals surface area (Å²) in [5.74, 6) is 6.60. The van der Waals surface area contributed by atoms with Crippen LogP contribution in [0.4, 0.5) is 5.69 Å². The summed E-state index contributed by atoms with van der Waals surface area (Å²) >= 11 is 1.20.